The number of hydrogen-bond acceptors (Lipinski definition) is 4. The number of aliphatic hydroxyl groups is 1. The SMILES string of the molecule is CC[C@H](O)CN1CCN([C@H](C)c2ccsc2)CC1. The summed E-state index contributed by atoms with van der Waals surface area (Å²) in [5.74, 6) is 0. The highest BCUT2D eigenvalue weighted by Crippen LogP contribution is 2.23. The van der Waals surface area contributed by atoms with Gasteiger partial charge < -0.3 is 5.11 Å². The monoisotopic (exact) mass is 268 g/mol. The van der Waals surface area contributed by atoms with Crippen LogP contribution in [0.3, 0.4) is 0 Å². The highest BCUT2D eigenvalue weighted by Gasteiger charge is 2.22. The Balaban J connectivity index is 1.79. The Labute approximate surface area is 114 Å². The van der Waals surface area contributed by atoms with Gasteiger partial charge in [0.1, 0.15) is 0 Å². The molecule has 1 aromatic rings. The van der Waals surface area contributed by atoms with Crippen LogP contribution in [0.15, 0.2) is 16.8 Å². The van der Waals surface area contributed by atoms with E-state index < -0.39 is 0 Å². The van der Waals surface area contributed by atoms with Gasteiger partial charge in [0.05, 0.1) is 6.10 Å². The Kier molecular flexibility index (Phi) is 5.18. The fourth-order valence-corrected chi connectivity index (χ4v) is 3.23. The summed E-state index contributed by atoms with van der Waals surface area (Å²) in [5, 5.41) is 14.1. The summed E-state index contributed by atoms with van der Waals surface area (Å²) in [6.07, 6.45) is 0.691. The summed E-state index contributed by atoms with van der Waals surface area (Å²) in [6, 6.07) is 2.75. The van der Waals surface area contributed by atoms with E-state index in [9.17, 15) is 5.11 Å². The number of nitrogens with zero attached hydrogens (tertiary/aromatic N) is 2. The molecule has 0 unspecified atom stereocenters. The number of aliphatic hydroxyl groups excluding tert-OH is 1. The minimum absolute atomic E-state index is 0.161. The molecule has 0 spiro atoms. The number of thiophene rings is 1. The Morgan fingerprint density at radius 1 is 1.33 bits per heavy atom. The van der Waals surface area contributed by atoms with Gasteiger partial charge in [-0.3, -0.25) is 9.80 Å². The fourth-order valence-electron chi connectivity index (χ4n) is 2.48. The molecule has 0 saturated carbocycles. The largest absolute Gasteiger partial charge is 0.392 e. The van der Waals surface area contributed by atoms with E-state index in [2.05, 4.69) is 33.6 Å². The first-order valence-corrected chi connectivity index (χ1v) is 7.81. The van der Waals surface area contributed by atoms with E-state index in [1.807, 2.05) is 6.92 Å². The maximum atomic E-state index is 9.68. The van der Waals surface area contributed by atoms with Crippen molar-refractivity contribution in [2.24, 2.45) is 0 Å². The summed E-state index contributed by atoms with van der Waals surface area (Å²) in [4.78, 5) is 4.92. The third-order valence-corrected chi connectivity index (χ3v) is 4.62. The zero-order valence-corrected chi connectivity index (χ0v) is 12.2. The van der Waals surface area contributed by atoms with Gasteiger partial charge in [-0.1, -0.05) is 6.92 Å². The standard InChI is InChI=1S/C14H24N2OS/c1-3-14(17)10-15-5-7-16(8-6-15)12(2)13-4-9-18-11-13/h4,9,11-12,14,17H,3,5-8,10H2,1-2H3/t12-,14+/m1/s1. The fraction of sp³-hybridized carbons (Fsp3) is 0.714. The minimum atomic E-state index is -0.161. The van der Waals surface area contributed by atoms with Crippen LogP contribution >= 0.6 is 11.3 Å². The molecular formula is C14H24N2OS. The molecule has 0 aromatic carbocycles. The summed E-state index contributed by atoms with van der Waals surface area (Å²) in [5.41, 5.74) is 1.43. The molecule has 0 amide bonds. The second-order valence-corrected chi connectivity index (χ2v) is 5.91. The molecule has 0 radical (unpaired) electrons. The molecule has 3 nitrogen and oxygen atoms in total. The van der Waals surface area contributed by atoms with Crippen LogP contribution in [0.1, 0.15) is 31.9 Å². The number of hydrogen-bond donors (Lipinski definition) is 1. The smallest absolute Gasteiger partial charge is 0.0664 e. The van der Waals surface area contributed by atoms with Gasteiger partial charge >= 0.3 is 0 Å². The summed E-state index contributed by atoms with van der Waals surface area (Å²) >= 11 is 1.77. The minimum Gasteiger partial charge on any atom is -0.392 e. The predicted octanol–water partition coefficient (Wildman–Crippen LogP) is 2.20. The van der Waals surface area contributed by atoms with Crippen molar-refractivity contribution >= 4 is 11.3 Å². The quantitative estimate of drug-likeness (QED) is 0.887. The topological polar surface area (TPSA) is 26.7 Å². The van der Waals surface area contributed by atoms with E-state index >= 15 is 0 Å². The van der Waals surface area contributed by atoms with Gasteiger partial charge in [-0.05, 0) is 35.7 Å². The molecule has 1 N–H and O–H groups in total. The Bertz CT molecular complexity index is 334. The van der Waals surface area contributed by atoms with Crippen LogP contribution in [0.25, 0.3) is 0 Å². The molecule has 1 aliphatic rings. The highest BCUT2D eigenvalue weighted by molar-refractivity contribution is 7.07. The maximum absolute atomic E-state index is 9.68. The summed E-state index contributed by atoms with van der Waals surface area (Å²) < 4.78 is 0. The van der Waals surface area contributed by atoms with Gasteiger partial charge in [-0.15, -0.1) is 0 Å². The van der Waals surface area contributed by atoms with Crippen molar-refractivity contribution in [2.45, 2.75) is 32.4 Å². The molecule has 0 aliphatic carbocycles. The molecule has 2 atom stereocenters. The van der Waals surface area contributed by atoms with Crippen molar-refractivity contribution < 1.29 is 5.11 Å². The number of β-amino-alcohol motifs (C(OH)–C–C–N with tert-alkyl or cyclic N) is 1. The Morgan fingerprint density at radius 3 is 2.61 bits per heavy atom. The van der Waals surface area contributed by atoms with Crippen LogP contribution in [0.4, 0.5) is 0 Å². The van der Waals surface area contributed by atoms with Crippen molar-refractivity contribution in [3.63, 3.8) is 0 Å². The second-order valence-electron chi connectivity index (χ2n) is 5.13. The van der Waals surface area contributed by atoms with Crippen LogP contribution in [-0.2, 0) is 0 Å². The van der Waals surface area contributed by atoms with E-state index in [1.165, 1.54) is 5.56 Å². The molecule has 1 aliphatic heterocycles. The molecule has 18 heavy (non-hydrogen) atoms. The molecule has 1 saturated heterocycles. The highest BCUT2D eigenvalue weighted by atomic mass is 32.1. The third-order valence-electron chi connectivity index (χ3n) is 3.92. The van der Waals surface area contributed by atoms with Crippen molar-refractivity contribution in [1.82, 2.24) is 9.80 Å². The van der Waals surface area contributed by atoms with Gasteiger partial charge in [-0.25, -0.2) is 0 Å². The lowest BCUT2D eigenvalue weighted by molar-refractivity contribution is 0.0580. The van der Waals surface area contributed by atoms with Crippen LogP contribution in [0.5, 0.6) is 0 Å². The van der Waals surface area contributed by atoms with Crippen molar-refractivity contribution in [2.75, 3.05) is 32.7 Å². The summed E-state index contributed by atoms with van der Waals surface area (Å²) in [7, 11) is 0. The summed E-state index contributed by atoms with van der Waals surface area (Å²) in [6.45, 7) is 9.52. The first-order chi connectivity index (χ1) is 8.70. The number of piperazine rings is 1. The average molecular weight is 268 g/mol. The Morgan fingerprint density at radius 2 is 2.06 bits per heavy atom. The normalized spacial score (nSPS) is 21.9. The molecule has 102 valence electrons. The first kappa shape index (κ1) is 14.0. The van der Waals surface area contributed by atoms with Crippen molar-refractivity contribution in [1.29, 1.82) is 0 Å². The van der Waals surface area contributed by atoms with E-state index in [0.717, 1.165) is 39.1 Å². The van der Waals surface area contributed by atoms with Crippen molar-refractivity contribution in [3.05, 3.63) is 22.4 Å². The van der Waals surface area contributed by atoms with Crippen LogP contribution in [0.2, 0.25) is 0 Å². The average Bonchev–Trinajstić information content (AvgIpc) is 2.92. The van der Waals surface area contributed by atoms with Gasteiger partial charge in [0.25, 0.3) is 0 Å². The third kappa shape index (κ3) is 3.54. The molecule has 2 heterocycles. The lowest BCUT2D eigenvalue weighted by Gasteiger charge is -2.38. The van der Waals surface area contributed by atoms with Gasteiger partial charge in [-0.2, -0.15) is 11.3 Å². The molecule has 1 aromatic heterocycles. The van der Waals surface area contributed by atoms with E-state index in [-0.39, 0.29) is 6.10 Å². The Hall–Kier alpha value is -0.420. The molecule has 4 heteroatoms. The second kappa shape index (κ2) is 6.66. The van der Waals surface area contributed by atoms with E-state index in [4.69, 9.17) is 0 Å². The molecule has 2 rings (SSSR count). The zero-order chi connectivity index (χ0) is 13.0. The lowest BCUT2D eigenvalue weighted by Crippen LogP contribution is -2.49. The predicted molar refractivity (Wildman–Crippen MR) is 77.0 cm³/mol. The lowest BCUT2D eigenvalue weighted by atomic mass is 10.1. The number of rotatable bonds is 5. The van der Waals surface area contributed by atoms with Crippen LogP contribution in [0, 0.1) is 0 Å². The van der Waals surface area contributed by atoms with Gasteiger partial charge in [0.2, 0.25) is 0 Å². The van der Waals surface area contributed by atoms with E-state index in [1.54, 1.807) is 11.3 Å². The van der Waals surface area contributed by atoms with Gasteiger partial charge in [0.15, 0.2) is 0 Å². The first-order valence-electron chi connectivity index (χ1n) is 6.87. The van der Waals surface area contributed by atoms with Crippen LogP contribution < -0.4 is 0 Å². The molecule has 0 bridgehead atoms. The van der Waals surface area contributed by atoms with E-state index in [0.29, 0.717) is 6.04 Å². The van der Waals surface area contributed by atoms with Crippen LogP contribution in [-0.4, -0.2) is 53.7 Å². The molecular weight excluding hydrogens is 244 g/mol. The zero-order valence-electron chi connectivity index (χ0n) is 11.4. The maximum Gasteiger partial charge on any atom is 0.0664 e. The molecule has 1 fully saturated rings. The van der Waals surface area contributed by atoms with Gasteiger partial charge in [0, 0.05) is 38.8 Å². The van der Waals surface area contributed by atoms with Crippen molar-refractivity contribution in [3.8, 4) is 0 Å².